The van der Waals surface area contributed by atoms with Gasteiger partial charge in [0.2, 0.25) is 0 Å². The first-order valence-corrected chi connectivity index (χ1v) is 3.84. The third kappa shape index (κ3) is 1.16. The second-order valence-corrected chi connectivity index (χ2v) is 2.67. The van der Waals surface area contributed by atoms with Crippen molar-refractivity contribution in [2.45, 2.75) is 0 Å². The highest BCUT2D eigenvalue weighted by Gasteiger charge is 2.01. The molecule has 0 radical (unpaired) electrons. The van der Waals surface area contributed by atoms with Gasteiger partial charge in [0.15, 0.2) is 0 Å². The molecule has 1 heterocycles. The Labute approximate surface area is 74.7 Å². The van der Waals surface area contributed by atoms with E-state index in [9.17, 15) is 4.91 Å². The summed E-state index contributed by atoms with van der Waals surface area (Å²) >= 11 is 0. The minimum atomic E-state index is 0.774. The molecule has 4 heteroatoms. The Kier molecular flexibility index (Phi) is 1.73. The smallest absolute Gasteiger partial charge is 0.119 e. The molecule has 0 aliphatic carbocycles. The zero-order chi connectivity index (χ0) is 9.26. The van der Waals surface area contributed by atoms with Gasteiger partial charge >= 0.3 is 0 Å². The minimum absolute atomic E-state index is 0.774. The second kappa shape index (κ2) is 2.90. The maximum absolute atomic E-state index is 10.3. The lowest BCUT2D eigenvalue weighted by atomic mass is 10.2. The van der Waals surface area contributed by atoms with Crippen molar-refractivity contribution in [2.24, 2.45) is 5.29 Å². The molecule has 13 heavy (non-hydrogen) atoms. The Balaban J connectivity index is 2.67. The Hall–Kier alpha value is -1.84. The summed E-state index contributed by atoms with van der Waals surface area (Å²) in [6.07, 6.45) is 1.62. The van der Waals surface area contributed by atoms with Gasteiger partial charge in [0.25, 0.3) is 0 Å². The van der Waals surface area contributed by atoms with Gasteiger partial charge < -0.3 is 4.74 Å². The summed E-state index contributed by atoms with van der Waals surface area (Å²) in [4.78, 5) is 10.3. The maximum atomic E-state index is 10.3. The first-order chi connectivity index (χ1) is 6.35. The quantitative estimate of drug-likeness (QED) is 0.658. The van der Waals surface area contributed by atoms with Crippen LogP contribution in [0.15, 0.2) is 35.7 Å². The lowest BCUT2D eigenvalue weighted by Gasteiger charge is -1.98. The minimum Gasteiger partial charge on any atom is -0.497 e. The Morgan fingerprint density at radius 3 is 2.92 bits per heavy atom. The number of methoxy groups -OCH3 is 1. The van der Waals surface area contributed by atoms with Crippen LogP contribution >= 0.6 is 0 Å². The van der Waals surface area contributed by atoms with Gasteiger partial charge in [-0.2, -0.15) is 0 Å². The molecule has 0 fully saturated rings. The predicted molar refractivity (Wildman–Crippen MR) is 49.7 cm³/mol. The van der Waals surface area contributed by atoms with E-state index < -0.39 is 0 Å². The van der Waals surface area contributed by atoms with Crippen molar-refractivity contribution in [3.8, 4) is 5.75 Å². The van der Waals surface area contributed by atoms with Gasteiger partial charge in [-0.25, -0.2) is 4.68 Å². The number of nitroso groups, excluding NO2 is 1. The lowest BCUT2D eigenvalue weighted by Crippen LogP contribution is -1.84. The first-order valence-electron chi connectivity index (χ1n) is 3.84. The van der Waals surface area contributed by atoms with Crippen LogP contribution in [-0.4, -0.2) is 11.8 Å². The normalized spacial score (nSPS) is 10.2. The van der Waals surface area contributed by atoms with Crippen molar-refractivity contribution in [3.63, 3.8) is 0 Å². The topological polar surface area (TPSA) is 43.6 Å². The number of ether oxygens (including phenoxy) is 1. The van der Waals surface area contributed by atoms with E-state index >= 15 is 0 Å². The molecule has 0 bridgehead atoms. The average molecular weight is 176 g/mol. The molecular weight excluding hydrogens is 168 g/mol. The molecule has 4 nitrogen and oxygen atoms in total. The van der Waals surface area contributed by atoms with Crippen LogP contribution < -0.4 is 4.74 Å². The van der Waals surface area contributed by atoms with Crippen LogP contribution in [0.5, 0.6) is 5.75 Å². The molecule has 0 saturated heterocycles. The summed E-state index contributed by atoms with van der Waals surface area (Å²) in [5.74, 6) is 0.774. The Morgan fingerprint density at radius 1 is 1.38 bits per heavy atom. The number of hydrogen-bond acceptors (Lipinski definition) is 3. The Bertz CT molecular complexity index is 448. The summed E-state index contributed by atoms with van der Waals surface area (Å²) < 4.78 is 6.33. The van der Waals surface area contributed by atoms with E-state index in [4.69, 9.17) is 4.74 Å². The van der Waals surface area contributed by atoms with E-state index in [-0.39, 0.29) is 0 Å². The van der Waals surface area contributed by atoms with E-state index in [0.29, 0.717) is 0 Å². The fourth-order valence-corrected chi connectivity index (χ4v) is 1.30. The molecule has 0 N–H and O–H groups in total. The fourth-order valence-electron chi connectivity index (χ4n) is 1.30. The fraction of sp³-hybridized carbons (Fsp3) is 0.111. The zero-order valence-electron chi connectivity index (χ0n) is 7.10. The molecule has 0 aliphatic rings. The molecule has 0 amide bonds. The summed E-state index contributed by atoms with van der Waals surface area (Å²) in [5.41, 5.74) is 0.788. The molecule has 2 aromatic rings. The molecule has 0 atom stereocenters. The number of benzene rings is 1. The average Bonchev–Trinajstić information content (AvgIpc) is 2.59. The standard InChI is InChI=1S/C9H8N2O2/c1-13-8-2-3-9-7(6-8)4-5-11(9)10-12/h2-6H,1H3. The van der Waals surface area contributed by atoms with E-state index in [1.807, 2.05) is 12.1 Å². The number of rotatable bonds is 2. The monoisotopic (exact) mass is 176 g/mol. The van der Waals surface area contributed by atoms with Crippen LogP contribution in [-0.2, 0) is 0 Å². The number of aromatic nitrogens is 1. The van der Waals surface area contributed by atoms with E-state index in [1.54, 1.807) is 25.4 Å². The van der Waals surface area contributed by atoms with Crippen molar-refractivity contribution in [3.05, 3.63) is 35.4 Å². The summed E-state index contributed by atoms with van der Waals surface area (Å²) in [6, 6.07) is 7.27. The SMILES string of the molecule is COc1ccc2c(ccn2N=O)c1. The molecule has 0 unspecified atom stereocenters. The molecule has 0 aliphatic heterocycles. The third-order valence-electron chi connectivity index (χ3n) is 1.96. The molecule has 1 aromatic heterocycles. The maximum Gasteiger partial charge on any atom is 0.119 e. The van der Waals surface area contributed by atoms with E-state index in [0.717, 1.165) is 16.7 Å². The van der Waals surface area contributed by atoms with Crippen molar-refractivity contribution in [1.29, 1.82) is 0 Å². The van der Waals surface area contributed by atoms with Gasteiger partial charge in [-0.15, -0.1) is 4.91 Å². The van der Waals surface area contributed by atoms with Crippen molar-refractivity contribution in [1.82, 2.24) is 4.68 Å². The molecule has 2 rings (SSSR count). The first kappa shape index (κ1) is 7.79. The highest BCUT2D eigenvalue weighted by Crippen LogP contribution is 2.21. The van der Waals surface area contributed by atoms with Gasteiger partial charge in [-0.3, -0.25) is 0 Å². The summed E-state index contributed by atoms with van der Waals surface area (Å²) in [5, 5.41) is 3.78. The molecular formula is C9H8N2O2. The highest BCUT2D eigenvalue weighted by molar-refractivity contribution is 5.81. The van der Waals surface area contributed by atoms with Crippen LogP contribution in [0, 0.1) is 4.91 Å². The molecule has 0 saturated carbocycles. The van der Waals surface area contributed by atoms with Gasteiger partial charge in [0, 0.05) is 11.6 Å². The predicted octanol–water partition coefficient (Wildman–Crippen LogP) is 2.18. The molecule has 1 aromatic carbocycles. The number of hydrogen-bond donors (Lipinski definition) is 0. The third-order valence-corrected chi connectivity index (χ3v) is 1.96. The van der Waals surface area contributed by atoms with Gasteiger partial charge in [0.1, 0.15) is 5.75 Å². The van der Waals surface area contributed by atoms with Crippen LogP contribution in [0.3, 0.4) is 0 Å². The highest BCUT2D eigenvalue weighted by atomic mass is 16.5. The lowest BCUT2D eigenvalue weighted by molar-refractivity contribution is 0.415. The summed E-state index contributed by atoms with van der Waals surface area (Å²) in [7, 11) is 1.61. The van der Waals surface area contributed by atoms with Crippen molar-refractivity contribution < 1.29 is 4.74 Å². The van der Waals surface area contributed by atoms with Gasteiger partial charge in [-0.05, 0) is 24.3 Å². The van der Waals surface area contributed by atoms with Crippen molar-refractivity contribution in [2.75, 3.05) is 7.11 Å². The second-order valence-electron chi connectivity index (χ2n) is 2.67. The van der Waals surface area contributed by atoms with E-state index in [1.165, 1.54) is 4.68 Å². The number of nitrogens with zero attached hydrogens (tertiary/aromatic N) is 2. The van der Waals surface area contributed by atoms with Crippen LogP contribution in [0.2, 0.25) is 0 Å². The van der Waals surface area contributed by atoms with Crippen LogP contribution in [0.4, 0.5) is 0 Å². The molecule has 66 valence electrons. The van der Waals surface area contributed by atoms with Crippen LogP contribution in [0.1, 0.15) is 0 Å². The Morgan fingerprint density at radius 2 is 2.23 bits per heavy atom. The zero-order valence-corrected chi connectivity index (χ0v) is 7.10. The summed E-state index contributed by atoms with van der Waals surface area (Å²) in [6.45, 7) is 0. The van der Waals surface area contributed by atoms with Crippen molar-refractivity contribution >= 4 is 10.9 Å². The molecule has 0 spiro atoms. The van der Waals surface area contributed by atoms with E-state index in [2.05, 4.69) is 5.29 Å². The van der Waals surface area contributed by atoms with Crippen LogP contribution in [0.25, 0.3) is 10.9 Å². The number of fused-ring (bicyclic) bond motifs is 1. The van der Waals surface area contributed by atoms with Gasteiger partial charge in [0.05, 0.1) is 17.9 Å². The largest absolute Gasteiger partial charge is 0.497 e. The van der Waals surface area contributed by atoms with Gasteiger partial charge in [-0.1, -0.05) is 0 Å².